The quantitative estimate of drug-likeness (QED) is 0.871. The standard InChI is InChI=1S/C14H17F3N6O/c1-22(2)9-7-19-13(24)20-11-5-8-23(21-11)12-10(14(15,16)17)4-3-6-18-12/h3-6,8H,7,9H2,1-2H3,(H2,19,20,21,24). The first-order valence-electron chi connectivity index (χ1n) is 7.05. The summed E-state index contributed by atoms with van der Waals surface area (Å²) in [5.41, 5.74) is -0.907. The maximum atomic E-state index is 13.0. The summed E-state index contributed by atoms with van der Waals surface area (Å²) >= 11 is 0. The molecule has 10 heteroatoms. The van der Waals surface area contributed by atoms with Gasteiger partial charge in [-0.05, 0) is 26.2 Å². The Labute approximate surface area is 136 Å². The van der Waals surface area contributed by atoms with Crippen LogP contribution >= 0.6 is 0 Å². The fraction of sp³-hybridized carbons (Fsp3) is 0.357. The molecule has 2 aromatic heterocycles. The van der Waals surface area contributed by atoms with Crippen LogP contribution in [0.15, 0.2) is 30.6 Å². The van der Waals surface area contributed by atoms with Crippen molar-refractivity contribution in [2.45, 2.75) is 6.18 Å². The van der Waals surface area contributed by atoms with Crippen molar-refractivity contribution >= 4 is 11.8 Å². The van der Waals surface area contributed by atoms with Gasteiger partial charge in [-0.25, -0.2) is 14.5 Å². The van der Waals surface area contributed by atoms with E-state index in [1.54, 1.807) is 0 Å². The number of pyridine rings is 1. The van der Waals surface area contributed by atoms with E-state index in [4.69, 9.17) is 0 Å². The number of hydrogen-bond donors (Lipinski definition) is 2. The minimum Gasteiger partial charge on any atom is -0.337 e. The van der Waals surface area contributed by atoms with Gasteiger partial charge in [-0.3, -0.25) is 5.32 Å². The third-order valence-electron chi connectivity index (χ3n) is 2.98. The molecule has 0 aliphatic heterocycles. The summed E-state index contributed by atoms with van der Waals surface area (Å²) in [6.45, 7) is 1.09. The Balaban J connectivity index is 2.08. The molecule has 7 nitrogen and oxygen atoms in total. The van der Waals surface area contributed by atoms with E-state index in [-0.39, 0.29) is 11.6 Å². The highest BCUT2D eigenvalue weighted by Crippen LogP contribution is 2.32. The normalized spacial score (nSPS) is 11.6. The van der Waals surface area contributed by atoms with Crippen molar-refractivity contribution in [2.75, 3.05) is 32.5 Å². The predicted octanol–water partition coefficient (Wildman–Crippen LogP) is 1.97. The smallest absolute Gasteiger partial charge is 0.337 e. The summed E-state index contributed by atoms with van der Waals surface area (Å²) in [4.78, 5) is 17.3. The van der Waals surface area contributed by atoms with E-state index in [0.717, 1.165) is 10.7 Å². The molecule has 0 aliphatic rings. The highest BCUT2D eigenvalue weighted by Gasteiger charge is 2.34. The summed E-state index contributed by atoms with van der Waals surface area (Å²) in [6, 6.07) is 3.03. The van der Waals surface area contributed by atoms with Gasteiger partial charge in [0.05, 0.1) is 0 Å². The molecule has 2 amide bonds. The Morgan fingerprint density at radius 1 is 1.33 bits per heavy atom. The molecule has 0 aliphatic carbocycles. The van der Waals surface area contributed by atoms with Crippen LogP contribution < -0.4 is 10.6 Å². The van der Waals surface area contributed by atoms with Crippen LogP contribution in [0.1, 0.15) is 5.56 Å². The summed E-state index contributed by atoms with van der Waals surface area (Å²) in [7, 11) is 3.73. The van der Waals surface area contributed by atoms with Gasteiger partial charge in [0.2, 0.25) is 0 Å². The number of likely N-dealkylation sites (N-methyl/N-ethyl adjacent to an activating group) is 1. The zero-order valence-corrected chi connectivity index (χ0v) is 13.1. The van der Waals surface area contributed by atoms with Crippen LogP contribution in [0.2, 0.25) is 0 Å². The largest absolute Gasteiger partial charge is 0.420 e. The van der Waals surface area contributed by atoms with Crippen molar-refractivity contribution < 1.29 is 18.0 Å². The van der Waals surface area contributed by atoms with Crippen molar-refractivity contribution in [2.24, 2.45) is 0 Å². The van der Waals surface area contributed by atoms with Gasteiger partial charge in [-0.1, -0.05) is 0 Å². The Hall–Kier alpha value is -2.62. The molecule has 0 fully saturated rings. The van der Waals surface area contributed by atoms with E-state index in [1.807, 2.05) is 19.0 Å². The van der Waals surface area contributed by atoms with E-state index in [0.29, 0.717) is 13.1 Å². The van der Waals surface area contributed by atoms with Gasteiger partial charge in [0.25, 0.3) is 0 Å². The van der Waals surface area contributed by atoms with E-state index < -0.39 is 17.8 Å². The summed E-state index contributed by atoms with van der Waals surface area (Å²) < 4.78 is 39.9. The number of carbonyl (C=O) groups is 1. The third kappa shape index (κ3) is 4.69. The van der Waals surface area contributed by atoms with E-state index in [1.165, 1.54) is 24.5 Å². The number of nitrogens with one attached hydrogen (secondary N) is 2. The highest BCUT2D eigenvalue weighted by atomic mass is 19.4. The van der Waals surface area contributed by atoms with Crippen molar-refractivity contribution in [3.8, 4) is 5.82 Å². The molecule has 0 saturated heterocycles. The second kappa shape index (κ2) is 7.30. The molecule has 2 aromatic rings. The van der Waals surface area contributed by atoms with Crippen molar-refractivity contribution in [1.82, 2.24) is 25.0 Å². The van der Waals surface area contributed by atoms with Crippen LogP contribution in [0, 0.1) is 0 Å². The number of rotatable bonds is 5. The molecular formula is C14H17F3N6O. The average Bonchev–Trinajstić information content (AvgIpc) is 2.94. The molecular weight excluding hydrogens is 325 g/mol. The minimum atomic E-state index is -4.55. The summed E-state index contributed by atoms with van der Waals surface area (Å²) in [5.74, 6) is -0.234. The van der Waals surface area contributed by atoms with Gasteiger partial charge in [-0.2, -0.15) is 13.2 Å². The Bertz CT molecular complexity index is 698. The third-order valence-corrected chi connectivity index (χ3v) is 2.98. The Kier molecular flexibility index (Phi) is 5.39. The van der Waals surface area contributed by atoms with Crippen LogP contribution in [0.4, 0.5) is 23.8 Å². The molecule has 2 N–H and O–H groups in total. The molecule has 130 valence electrons. The number of alkyl halides is 3. The van der Waals surface area contributed by atoms with Crippen LogP contribution in [0.25, 0.3) is 5.82 Å². The lowest BCUT2D eigenvalue weighted by molar-refractivity contribution is -0.137. The first kappa shape index (κ1) is 17.7. The number of carbonyl (C=O) groups excluding carboxylic acids is 1. The summed E-state index contributed by atoms with van der Waals surface area (Å²) in [6.07, 6.45) is -2.01. The maximum Gasteiger partial charge on any atom is 0.420 e. The maximum absolute atomic E-state index is 13.0. The first-order valence-corrected chi connectivity index (χ1v) is 7.05. The molecule has 24 heavy (non-hydrogen) atoms. The van der Waals surface area contributed by atoms with Crippen LogP contribution in [0.3, 0.4) is 0 Å². The Morgan fingerprint density at radius 3 is 2.75 bits per heavy atom. The SMILES string of the molecule is CN(C)CCNC(=O)Nc1ccn(-c2ncccc2C(F)(F)F)n1. The minimum absolute atomic E-state index is 0.121. The van der Waals surface area contributed by atoms with Crippen molar-refractivity contribution in [3.05, 3.63) is 36.2 Å². The van der Waals surface area contributed by atoms with Crippen LogP contribution in [-0.2, 0) is 6.18 Å². The van der Waals surface area contributed by atoms with Crippen LogP contribution in [0.5, 0.6) is 0 Å². The van der Waals surface area contributed by atoms with E-state index in [9.17, 15) is 18.0 Å². The lowest BCUT2D eigenvalue weighted by atomic mass is 10.2. The number of anilines is 1. The first-order chi connectivity index (χ1) is 11.3. The van der Waals surface area contributed by atoms with Crippen molar-refractivity contribution in [3.63, 3.8) is 0 Å². The van der Waals surface area contributed by atoms with Gasteiger partial charge in [0.1, 0.15) is 5.56 Å². The van der Waals surface area contributed by atoms with Gasteiger partial charge < -0.3 is 10.2 Å². The van der Waals surface area contributed by atoms with E-state index in [2.05, 4.69) is 20.7 Å². The van der Waals surface area contributed by atoms with Gasteiger partial charge >= 0.3 is 12.2 Å². The molecule has 0 atom stereocenters. The monoisotopic (exact) mass is 342 g/mol. The lowest BCUT2D eigenvalue weighted by Crippen LogP contribution is -2.34. The Morgan fingerprint density at radius 2 is 2.08 bits per heavy atom. The van der Waals surface area contributed by atoms with E-state index >= 15 is 0 Å². The average molecular weight is 342 g/mol. The molecule has 2 heterocycles. The molecule has 0 aromatic carbocycles. The highest BCUT2D eigenvalue weighted by molar-refractivity contribution is 5.88. The zero-order chi connectivity index (χ0) is 17.7. The zero-order valence-electron chi connectivity index (χ0n) is 13.1. The lowest BCUT2D eigenvalue weighted by Gasteiger charge is -2.11. The topological polar surface area (TPSA) is 75.1 Å². The van der Waals surface area contributed by atoms with Gasteiger partial charge in [-0.15, -0.1) is 5.10 Å². The van der Waals surface area contributed by atoms with Gasteiger partial charge in [0.15, 0.2) is 11.6 Å². The van der Waals surface area contributed by atoms with Gasteiger partial charge in [0, 0.05) is 31.5 Å². The summed E-state index contributed by atoms with van der Waals surface area (Å²) in [5, 5.41) is 8.97. The number of nitrogens with zero attached hydrogens (tertiary/aromatic N) is 4. The molecule has 0 saturated carbocycles. The molecule has 0 unspecified atom stereocenters. The fourth-order valence-electron chi connectivity index (χ4n) is 1.86. The van der Waals surface area contributed by atoms with Crippen molar-refractivity contribution in [1.29, 1.82) is 0 Å². The fourth-order valence-corrected chi connectivity index (χ4v) is 1.86. The second-order valence-electron chi connectivity index (χ2n) is 5.20. The number of halogens is 3. The molecule has 0 spiro atoms. The molecule has 2 rings (SSSR count). The number of urea groups is 1. The number of amides is 2. The second-order valence-corrected chi connectivity index (χ2v) is 5.20. The molecule has 0 bridgehead atoms. The molecule has 0 radical (unpaired) electrons. The number of aromatic nitrogens is 3. The predicted molar refractivity (Wildman–Crippen MR) is 81.9 cm³/mol. The van der Waals surface area contributed by atoms with Crippen LogP contribution in [-0.4, -0.2) is 52.9 Å². The number of hydrogen-bond acceptors (Lipinski definition) is 4.